The fourth-order valence-corrected chi connectivity index (χ4v) is 2.36. The molecule has 112 valence electrons. The van der Waals surface area contributed by atoms with Gasteiger partial charge >= 0.3 is 0 Å². The standard InChI is InChI=1S/C16H21ClN4/c1-5-21(6-2)15-10-11(3)18-16(20-15)19-14-9-7-8-13(17)12(14)4/h7-10H,5-6H2,1-4H3,(H,18,19,20). The summed E-state index contributed by atoms with van der Waals surface area (Å²) in [5, 5.41) is 4.00. The molecule has 0 radical (unpaired) electrons. The monoisotopic (exact) mass is 304 g/mol. The third-order valence-corrected chi connectivity index (χ3v) is 3.85. The van der Waals surface area contributed by atoms with Crippen molar-refractivity contribution in [2.75, 3.05) is 23.3 Å². The molecule has 0 saturated carbocycles. The Balaban J connectivity index is 2.34. The number of nitrogens with one attached hydrogen (secondary N) is 1. The van der Waals surface area contributed by atoms with Crippen LogP contribution in [0, 0.1) is 13.8 Å². The zero-order valence-corrected chi connectivity index (χ0v) is 13.7. The fraction of sp³-hybridized carbons (Fsp3) is 0.375. The summed E-state index contributed by atoms with van der Waals surface area (Å²) in [5.74, 6) is 1.54. The molecular formula is C16H21ClN4. The minimum atomic E-state index is 0.599. The summed E-state index contributed by atoms with van der Waals surface area (Å²) in [6.45, 7) is 10.0. The molecule has 0 bridgehead atoms. The number of aryl methyl sites for hydroxylation is 1. The van der Waals surface area contributed by atoms with Gasteiger partial charge in [0.1, 0.15) is 5.82 Å². The number of hydrogen-bond donors (Lipinski definition) is 1. The maximum Gasteiger partial charge on any atom is 0.229 e. The molecule has 0 spiro atoms. The van der Waals surface area contributed by atoms with Crippen LogP contribution in [0.3, 0.4) is 0 Å². The van der Waals surface area contributed by atoms with Gasteiger partial charge in [0.15, 0.2) is 0 Å². The lowest BCUT2D eigenvalue weighted by molar-refractivity contribution is 0.840. The van der Waals surface area contributed by atoms with Crippen molar-refractivity contribution in [3.05, 3.63) is 40.5 Å². The van der Waals surface area contributed by atoms with Crippen molar-refractivity contribution in [3.8, 4) is 0 Å². The first-order valence-electron chi connectivity index (χ1n) is 7.18. The van der Waals surface area contributed by atoms with Crippen LogP contribution in [0.4, 0.5) is 17.5 Å². The average molecular weight is 305 g/mol. The van der Waals surface area contributed by atoms with Crippen LogP contribution >= 0.6 is 11.6 Å². The van der Waals surface area contributed by atoms with Gasteiger partial charge in [0.05, 0.1) is 0 Å². The lowest BCUT2D eigenvalue weighted by Crippen LogP contribution is -2.23. The van der Waals surface area contributed by atoms with E-state index in [2.05, 4.69) is 34.0 Å². The topological polar surface area (TPSA) is 41.1 Å². The molecule has 5 heteroatoms. The predicted molar refractivity (Wildman–Crippen MR) is 89.8 cm³/mol. The van der Waals surface area contributed by atoms with Crippen LogP contribution in [0.1, 0.15) is 25.1 Å². The van der Waals surface area contributed by atoms with Crippen molar-refractivity contribution in [2.24, 2.45) is 0 Å². The highest BCUT2D eigenvalue weighted by atomic mass is 35.5. The van der Waals surface area contributed by atoms with E-state index < -0.39 is 0 Å². The Hall–Kier alpha value is -1.81. The van der Waals surface area contributed by atoms with Crippen LogP contribution in [0.15, 0.2) is 24.3 Å². The minimum absolute atomic E-state index is 0.599. The molecule has 2 aromatic rings. The molecule has 0 aliphatic heterocycles. The molecule has 1 aromatic heterocycles. The second-order valence-corrected chi connectivity index (χ2v) is 5.31. The highest BCUT2D eigenvalue weighted by Crippen LogP contribution is 2.25. The van der Waals surface area contributed by atoms with Gasteiger partial charge in [0.25, 0.3) is 0 Å². The number of halogens is 1. The van der Waals surface area contributed by atoms with Crippen molar-refractivity contribution in [3.63, 3.8) is 0 Å². The summed E-state index contributed by atoms with van der Waals surface area (Å²) in [4.78, 5) is 11.3. The predicted octanol–water partition coefficient (Wildman–Crippen LogP) is 4.34. The maximum absolute atomic E-state index is 6.15. The molecule has 0 aliphatic rings. The second kappa shape index (κ2) is 6.76. The highest BCUT2D eigenvalue weighted by molar-refractivity contribution is 6.31. The van der Waals surface area contributed by atoms with Gasteiger partial charge in [-0.15, -0.1) is 0 Å². The average Bonchev–Trinajstić information content (AvgIpc) is 2.45. The van der Waals surface area contributed by atoms with Gasteiger partial charge in [-0.2, -0.15) is 4.98 Å². The van der Waals surface area contributed by atoms with Crippen LogP contribution in [0.25, 0.3) is 0 Å². The number of nitrogens with zero attached hydrogens (tertiary/aromatic N) is 3. The van der Waals surface area contributed by atoms with Crippen LogP contribution in [0.2, 0.25) is 5.02 Å². The van der Waals surface area contributed by atoms with Gasteiger partial charge < -0.3 is 10.2 Å². The molecule has 21 heavy (non-hydrogen) atoms. The first-order chi connectivity index (χ1) is 10.0. The summed E-state index contributed by atoms with van der Waals surface area (Å²) >= 11 is 6.15. The molecule has 1 aromatic carbocycles. The molecule has 1 N–H and O–H groups in total. The lowest BCUT2D eigenvalue weighted by Gasteiger charge is -2.21. The van der Waals surface area contributed by atoms with E-state index in [1.54, 1.807) is 0 Å². The molecule has 4 nitrogen and oxygen atoms in total. The van der Waals surface area contributed by atoms with Crippen molar-refractivity contribution in [2.45, 2.75) is 27.7 Å². The highest BCUT2D eigenvalue weighted by Gasteiger charge is 2.09. The van der Waals surface area contributed by atoms with Gasteiger partial charge in [0.2, 0.25) is 5.95 Å². The smallest absolute Gasteiger partial charge is 0.229 e. The Bertz CT molecular complexity index is 624. The Morgan fingerprint density at radius 3 is 2.52 bits per heavy atom. The number of aromatic nitrogens is 2. The summed E-state index contributed by atoms with van der Waals surface area (Å²) in [6, 6.07) is 7.77. The first-order valence-corrected chi connectivity index (χ1v) is 7.55. The van der Waals surface area contributed by atoms with Gasteiger partial charge in [0, 0.05) is 35.6 Å². The van der Waals surface area contributed by atoms with Crippen molar-refractivity contribution in [1.29, 1.82) is 0 Å². The van der Waals surface area contributed by atoms with E-state index in [4.69, 9.17) is 11.6 Å². The quantitative estimate of drug-likeness (QED) is 0.892. The third-order valence-electron chi connectivity index (χ3n) is 3.44. The SMILES string of the molecule is CCN(CC)c1cc(C)nc(Nc2cccc(Cl)c2C)n1. The van der Waals surface area contributed by atoms with E-state index in [1.807, 2.05) is 38.1 Å². The van der Waals surface area contributed by atoms with E-state index in [1.165, 1.54) is 0 Å². The van der Waals surface area contributed by atoms with Crippen molar-refractivity contribution >= 4 is 29.1 Å². The first kappa shape index (κ1) is 15.6. The summed E-state index contributed by atoms with van der Waals surface area (Å²) in [6.07, 6.45) is 0. The summed E-state index contributed by atoms with van der Waals surface area (Å²) in [7, 11) is 0. The van der Waals surface area contributed by atoms with Crippen molar-refractivity contribution in [1.82, 2.24) is 9.97 Å². The number of hydrogen-bond acceptors (Lipinski definition) is 4. The minimum Gasteiger partial charge on any atom is -0.357 e. The zero-order chi connectivity index (χ0) is 15.4. The van der Waals surface area contributed by atoms with E-state index >= 15 is 0 Å². The summed E-state index contributed by atoms with van der Waals surface area (Å²) in [5.41, 5.74) is 2.86. The second-order valence-electron chi connectivity index (χ2n) is 4.90. The molecule has 0 aliphatic carbocycles. The number of anilines is 3. The van der Waals surface area contributed by atoms with Gasteiger partial charge in [-0.05, 0) is 45.4 Å². The number of benzene rings is 1. The molecule has 2 rings (SSSR count). The number of rotatable bonds is 5. The van der Waals surface area contributed by atoms with Crippen LogP contribution in [-0.4, -0.2) is 23.1 Å². The van der Waals surface area contributed by atoms with Gasteiger partial charge in [-0.1, -0.05) is 17.7 Å². The Kier molecular flexibility index (Phi) is 5.02. The van der Waals surface area contributed by atoms with Crippen molar-refractivity contribution < 1.29 is 0 Å². The third kappa shape index (κ3) is 3.64. The molecule has 0 saturated heterocycles. The van der Waals surface area contributed by atoms with Gasteiger partial charge in [-0.25, -0.2) is 4.98 Å². The largest absolute Gasteiger partial charge is 0.357 e. The van der Waals surface area contributed by atoms with Crippen LogP contribution < -0.4 is 10.2 Å². The molecular weight excluding hydrogens is 284 g/mol. The van der Waals surface area contributed by atoms with E-state index in [0.29, 0.717) is 5.95 Å². The van der Waals surface area contributed by atoms with Crippen LogP contribution in [-0.2, 0) is 0 Å². The lowest BCUT2D eigenvalue weighted by atomic mass is 10.2. The molecule has 0 amide bonds. The zero-order valence-electron chi connectivity index (χ0n) is 12.9. The van der Waals surface area contributed by atoms with Gasteiger partial charge in [-0.3, -0.25) is 0 Å². The van der Waals surface area contributed by atoms with Crippen LogP contribution in [0.5, 0.6) is 0 Å². The van der Waals surface area contributed by atoms with E-state index in [9.17, 15) is 0 Å². The van der Waals surface area contributed by atoms with E-state index in [-0.39, 0.29) is 0 Å². The normalized spacial score (nSPS) is 10.5. The summed E-state index contributed by atoms with van der Waals surface area (Å²) < 4.78 is 0. The maximum atomic E-state index is 6.15. The molecule has 0 atom stereocenters. The Morgan fingerprint density at radius 1 is 1.14 bits per heavy atom. The fourth-order valence-electron chi connectivity index (χ4n) is 2.18. The molecule has 0 fully saturated rings. The van der Waals surface area contributed by atoms with E-state index in [0.717, 1.165) is 40.9 Å². The Labute approximate surface area is 131 Å². The molecule has 1 heterocycles. The Morgan fingerprint density at radius 2 is 1.86 bits per heavy atom. The molecule has 0 unspecified atom stereocenters.